The second-order valence-electron chi connectivity index (χ2n) is 7.64. The average molecular weight is 362 g/mol. The average Bonchev–Trinajstić information content (AvgIpc) is 3.07. The molecule has 0 saturated carbocycles. The Hall–Kier alpha value is -3.01. The van der Waals surface area contributed by atoms with E-state index in [4.69, 9.17) is 10.5 Å². The molecule has 0 radical (unpaired) electrons. The van der Waals surface area contributed by atoms with E-state index in [1.165, 1.54) is 5.56 Å². The van der Waals surface area contributed by atoms with Gasteiger partial charge in [0.15, 0.2) is 0 Å². The van der Waals surface area contributed by atoms with Crippen LogP contribution in [0.5, 0.6) is 0 Å². The van der Waals surface area contributed by atoms with Crippen LogP contribution in [-0.2, 0) is 10.2 Å². The van der Waals surface area contributed by atoms with Crippen LogP contribution in [0, 0.1) is 0 Å². The number of hydrogen-bond acceptors (Lipinski definition) is 3. The number of benzene rings is 2. The molecule has 0 amide bonds. The number of anilines is 1. The summed E-state index contributed by atoms with van der Waals surface area (Å²) < 4.78 is 5.24. The van der Waals surface area contributed by atoms with E-state index in [1.54, 1.807) is 6.92 Å². The lowest BCUT2D eigenvalue weighted by molar-refractivity contribution is 0.0527. The number of carbonyl (C=O) groups is 1. The molecule has 3 N–H and O–H groups in total. The van der Waals surface area contributed by atoms with Crippen molar-refractivity contribution >= 4 is 11.7 Å². The van der Waals surface area contributed by atoms with E-state index in [0.29, 0.717) is 17.9 Å². The molecule has 27 heavy (non-hydrogen) atoms. The highest BCUT2D eigenvalue weighted by molar-refractivity contribution is 5.98. The quantitative estimate of drug-likeness (QED) is 0.482. The van der Waals surface area contributed by atoms with Crippen LogP contribution in [0.3, 0.4) is 0 Å². The zero-order valence-electron chi connectivity index (χ0n) is 16.3. The number of aromatic amines is 1. The summed E-state index contributed by atoms with van der Waals surface area (Å²) >= 11 is 0. The van der Waals surface area contributed by atoms with Crippen LogP contribution in [0.2, 0.25) is 0 Å². The minimum atomic E-state index is -0.335. The Morgan fingerprint density at radius 2 is 1.59 bits per heavy atom. The zero-order valence-corrected chi connectivity index (χ0v) is 16.3. The maximum atomic E-state index is 12.5. The van der Waals surface area contributed by atoms with Crippen molar-refractivity contribution in [2.24, 2.45) is 0 Å². The van der Waals surface area contributed by atoms with Crippen LogP contribution in [0.1, 0.15) is 43.6 Å². The number of nitrogens with one attached hydrogen (secondary N) is 1. The number of H-pyrrole nitrogens is 1. The molecule has 0 unspecified atom stereocenters. The largest absolute Gasteiger partial charge is 0.462 e. The zero-order chi connectivity index (χ0) is 19.6. The highest BCUT2D eigenvalue weighted by Crippen LogP contribution is 2.31. The summed E-state index contributed by atoms with van der Waals surface area (Å²) in [6.45, 7) is 8.71. The van der Waals surface area contributed by atoms with Crippen molar-refractivity contribution in [1.29, 1.82) is 0 Å². The molecule has 3 rings (SSSR count). The van der Waals surface area contributed by atoms with Gasteiger partial charge in [0.2, 0.25) is 0 Å². The van der Waals surface area contributed by atoms with E-state index in [9.17, 15) is 4.79 Å². The van der Waals surface area contributed by atoms with Gasteiger partial charge in [0.05, 0.1) is 17.9 Å². The van der Waals surface area contributed by atoms with Gasteiger partial charge in [-0.1, -0.05) is 57.2 Å². The highest BCUT2D eigenvalue weighted by atomic mass is 16.5. The van der Waals surface area contributed by atoms with Gasteiger partial charge in [-0.3, -0.25) is 0 Å². The molecule has 0 saturated heterocycles. The third-order valence-electron chi connectivity index (χ3n) is 4.57. The molecule has 0 aliphatic carbocycles. The van der Waals surface area contributed by atoms with E-state index in [0.717, 1.165) is 22.5 Å². The summed E-state index contributed by atoms with van der Waals surface area (Å²) in [6, 6.07) is 17.7. The monoisotopic (exact) mass is 362 g/mol. The summed E-state index contributed by atoms with van der Waals surface area (Å²) in [5, 5.41) is 0. The smallest absolute Gasteiger partial charge is 0.340 e. The van der Waals surface area contributed by atoms with E-state index in [2.05, 4.69) is 50.0 Å². The first-order chi connectivity index (χ1) is 12.8. The first-order valence-corrected chi connectivity index (χ1v) is 9.16. The molecule has 4 nitrogen and oxygen atoms in total. The van der Waals surface area contributed by atoms with Gasteiger partial charge in [0, 0.05) is 11.4 Å². The molecule has 4 heteroatoms. The molecular weight excluding hydrogens is 336 g/mol. The molecule has 1 heterocycles. The van der Waals surface area contributed by atoms with Crippen molar-refractivity contribution in [2.45, 2.75) is 33.1 Å². The van der Waals surface area contributed by atoms with E-state index < -0.39 is 0 Å². The number of esters is 1. The van der Waals surface area contributed by atoms with Crippen molar-refractivity contribution < 1.29 is 9.53 Å². The van der Waals surface area contributed by atoms with Gasteiger partial charge < -0.3 is 15.5 Å². The molecule has 2 aromatic carbocycles. The topological polar surface area (TPSA) is 68.1 Å². The molecule has 0 fully saturated rings. The third kappa shape index (κ3) is 4.05. The van der Waals surface area contributed by atoms with Gasteiger partial charge in [-0.25, -0.2) is 4.79 Å². The Balaban J connectivity index is 2.05. The Morgan fingerprint density at radius 1 is 1.00 bits per heavy atom. The van der Waals surface area contributed by atoms with E-state index in [1.807, 2.05) is 30.3 Å². The van der Waals surface area contributed by atoms with Gasteiger partial charge in [0.25, 0.3) is 0 Å². The number of hydrogen-bond donors (Lipinski definition) is 2. The summed E-state index contributed by atoms with van der Waals surface area (Å²) in [5.74, 6) is -0.335. The SMILES string of the molecule is CCOC(=O)c1cc(-c2ccc(C(C)(C)C)cc2)[nH]c1-c1ccc(N)cc1. The number of aromatic nitrogens is 1. The Bertz CT molecular complexity index is 930. The van der Waals surface area contributed by atoms with Crippen molar-refractivity contribution in [2.75, 3.05) is 12.3 Å². The molecule has 1 aromatic heterocycles. The minimum absolute atomic E-state index is 0.0967. The number of rotatable bonds is 4. The molecule has 140 valence electrons. The maximum Gasteiger partial charge on any atom is 0.340 e. The van der Waals surface area contributed by atoms with Crippen LogP contribution in [0.25, 0.3) is 22.5 Å². The lowest BCUT2D eigenvalue weighted by Crippen LogP contribution is -2.10. The van der Waals surface area contributed by atoms with Crippen molar-refractivity contribution in [3.63, 3.8) is 0 Å². The van der Waals surface area contributed by atoms with Crippen LogP contribution >= 0.6 is 0 Å². The Morgan fingerprint density at radius 3 is 2.15 bits per heavy atom. The van der Waals surface area contributed by atoms with Crippen molar-refractivity contribution in [3.8, 4) is 22.5 Å². The molecule has 0 atom stereocenters. The fraction of sp³-hybridized carbons (Fsp3) is 0.261. The fourth-order valence-corrected chi connectivity index (χ4v) is 3.01. The summed E-state index contributed by atoms with van der Waals surface area (Å²) in [6.07, 6.45) is 0. The van der Waals surface area contributed by atoms with E-state index >= 15 is 0 Å². The fourth-order valence-electron chi connectivity index (χ4n) is 3.01. The minimum Gasteiger partial charge on any atom is -0.462 e. The molecule has 0 spiro atoms. The summed E-state index contributed by atoms with van der Waals surface area (Å²) in [5.41, 5.74) is 11.9. The molecule has 0 aliphatic heterocycles. The van der Waals surface area contributed by atoms with E-state index in [-0.39, 0.29) is 11.4 Å². The van der Waals surface area contributed by atoms with Crippen LogP contribution in [0.4, 0.5) is 5.69 Å². The number of ether oxygens (including phenoxy) is 1. The number of carbonyl (C=O) groups excluding carboxylic acids is 1. The predicted octanol–water partition coefficient (Wildman–Crippen LogP) is 5.41. The summed E-state index contributed by atoms with van der Waals surface area (Å²) in [4.78, 5) is 15.9. The maximum absolute atomic E-state index is 12.5. The van der Waals surface area contributed by atoms with Gasteiger partial charge in [0.1, 0.15) is 0 Å². The first-order valence-electron chi connectivity index (χ1n) is 9.16. The lowest BCUT2D eigenvalue weighted by Gasteiger charge is -2.19. The van der Waals surface area contributed by atoms with Gasteiger partial charge in [-0.2, -0.15) is 0 Å². The highest BCUT2D eigenvalue weighted by Gasteiger charge is 2.19. The summed E-state index contributed by atoms with van der Waals surface area (Å²) in [7, 11) is 0. The third-order valence-corrected chi connectivity index (χ3v) is 4.57. The normalized spacial score (nSPS) is 11.4. The van der Waals surface area contributed by atoms with Crippen molar-refractivity contribution in [1.82, 2.24) is 4.98 Å². The second kappa shape index (κ2) is 7.31. The Kier molecular flexibility index (Phi) is 5.08. The Labute approximate surface area is 160 Å². The van der Waals surface area contributed by atoms with Crippen LogP contribution < -0.4 is 5.73 Å². The second-order valence-corrected chi connectivity index (χ2v) is 7.64. The van der Waals surface area contributed by atoms with Crippen LogP contribution in [-0.4, -0.2) is 17.6 Å². The predicted molar refractivity (Wildman–Crippen MR) is 111 cm³/mol. The van der Waals surface area contributed by atoms with Crippen molar-refractivity contribution in [3.05, 3.63) is 65.7 Å². The number of nitrogens with two attached hydrogens (primary N) is 1. The molecule has 0 bridgehead atoms. The van der Waals surface area contributed by atoms with Gasteiger partial charge >= 0.3 is 5.97 Å². The molecule has 3 aromatic rings. The standard InChI is InChI=1S/C23H26N2O2/c1-5-27-22(26)19-14-20(15-6-10-17(11-7-15)23(2,3)4)25-21(19)16-8-12-18(24)13-9-16/h6-14,25H,5,24H2,1-4H3. The first kappa shape index (κ1) is 18.8. The van der Waals surface area contributed by atoms with Gasteiger partial charge in [-0.15, -0.1) is 0 Å². The molecular formula is C23H26N2O2. The molecule has 0 aliphatic rings. The number of nitrogen functional groups attached to an aromatic ring is 1. The van der Waals surface area contributed by atoms with Crippen LogP contribution in [0.15, 0.2) is 54.6 Å². The van der Waals surface area contributed by atoms with Gasteiger partial charge in [-0.05, 0) is 47.2 Å². The lowest BCUT2D eigenvalue weighted by atomic mass is 9.86.